The summed E-state index contributed by atoms with van der Waals surface area (Å²) < 4.78 is 6.13. The summed E-state index contributed by atoms with van der Waals surface area (Å²) in [5.74, 6) is 0.467. The van der Waals surface area contributed by atoms with E-state index in [0.29, 0.717) is 12.5 Å². The minimum Gasteiger partial charge on any atom is -0.448 e. The van der Waals surface area contributed by atoms with E-state index in [9.17, 15) is 4.79 Å². The summed E-state index contributed by atoms with van der Waals surface area (Å²) in [6.45, 7) is 0.521. The molecule has 0 saturated heterocycles. The van der Waals surface area contributed by atoms with Crippen LogP contribution in [0.5, 0.6) is 0 Å². The minimum atomic E-state index is -0.806. The molecule has 18 heavy (non-hydrogen) atoms. The van der Waals surface area contributed by atoms with Crippen molar-refractivity contribution in [3.05, 3.63) is 30.3 Å². The van der Waals surface area contributed by atoms with Crippen molar-refractivity contribution in [1.29, 1.82) is 0 Å². The normalized spacial score (nSPS) is 10.0. The van der Waals surface area contributed by atoms with E-state index >= 15 is 0 Å². The summed E-state index contributed by atoms with van der Waals surface area (Å²) in [5.41, 5.74) is 5.67. The Balaban J connectivity index is 1.98. The molecule has 8 nitrogen and oxygen atoms in total. The van der Waals surface area contributed by atoms with Gasteiger partial charge in [0.2, 0.25) is 5.95 Å². The fourth-order valence-electron chi connectivity index (χ4n) is 1.35. The maximum Gasteiger partial charge on any atom is 0.404 e. The number of aromatic nitrogens is 4. The maximum absolute atomic E-state index is 10.4. The first-order valence-electron chi connectivity index (χ1n) is 5.27. The lowest BCUT2D eigenvalue weighted by atomic mass is 10.3. The molecule has 1 aromatic heterocycles. The molecule has 0 atom stereocenters. The molecule has 0 fully saturated rings. The zero-order valence-corrected chi connectivity index (χ0v) is 9.48. The number of carbonyl (C=O) groups is 1. The van der Waals surface area contributed by atoms with Crippen LogP contribution in [0.3, 0.4) is 0 Å². The van der Waals surface area contributed by atoms with Crippen molar-refractivity contribution in [3.8, 4) is 5.69 Å². The van der Waals surface area contributed by atoms with Gasteiger partial charge in [0.25, 0.3) is 0 Å². The summed E-state index contributed by atoms with van der Waals surface area (Å²) in [5, 5.41) is 14.2. The highest BCUT2D eigenvalue weighted by Gasteiger charge is 2.06. The molecular weight excluding hydrogens is 236 g/mol. The Kier molecular flexibility index (Phi) is 3.69. The summed E-state index contributed by atoms with van der Waals surface area (Å²) in [7, 11) is 0. The number of primary amides is 1. The number of nitrogens with zero attached hydrogens (tertiary/aromatic N) is 4. The Hall–Kier alpha value is -2.64. The van der Waals surface area contributed by atoms with Crippen LogP contribution in [0.1, 0.15) is 0 Å². The second kappa shape index (κ2) is 5.62. The fourth-order valence-corrected chi connectivity index (χ4v) is 1.35. The smallest absolute Gasteiger partial charge is 0.404 e. The molecule has 0 bridgehead atoms. The number of nitrogens with one attached hydrogen (secondary N) is 1. The molecule has 0 aliphatic heterocycles. The van der Waals surface area contributed by atoms with Crippen molar-refractivity contribution in [1.82, 2.24) is 20.2 Å². The minimum absolute atomic E-state index is 0.150. The van der Waals surface area contributed by atoms with E-state index in [1.54, 1.807) is 4.68 Å². The quantitative estimate of drug-likeness (QED) is 0.730. The van der Waals surface area contributed by atoms with Crippen LogP contribution >= 0.6 is 0 Å². The van der Waals surface area contributed by atoms with E-state index in [1.165, 1.54) is 0 Å². The number of rotatable bonds is 5. The van der Waals surface area contributed by atoms with Crippen LogP contribution in [0.25, 0.3) is 5.69 Å². The van der Waals surface area contributed by atoms with Crippen molar-refractivity contribution in [2.24, 2.45) is 5.73 Å². The third-order valence-electron chi connectivity index (χ3n) is 2.10. The van der Waals surface area contributed by atoms with Crippen LogP contribution in [0.4, 0.5) is 10.7 Å². The van der Waals surface area contributed by atoms with Crippen molar-refractivity contribution in [2.75, 3.05) is 18.5 Å². The van der Waals surface area contributed by atoms with Gasteiger partial charge in [-0.1, -0.05) is 23.3 Å². The largest absolute Gasteiger partial charge is 0.448 e. The Labute approximate surface area is 103 Å². The number of benzene rings is 1. The zero-order valence-electron chi connectivity index (χ0n) is 9.48. The molecule has 0 radical (unpaired) electrons. The van der Waals surface area contributed by atoms with Gasteiger partial charge in [0.15, 0.2) is 0 Å². The Morgan fingerprint density at radius 1 is 1.39 bits per heavy atom. The van der Waals surface area contributed by atoms with Crippen molar-refractivity contribution in [2.45, 2.75) is 0 Å². The van der Waals surface area contributed by atoms with E-state index in [1.807, 2.05) is 30.3 Å². The average molecular weight is 248 g/mol. The molecule has 1 heterocycles. The van der Waals surface area contributed by atoms with Crippen LogP contribution in [-0.4, -0.2) is 39.5 Å². The van der Waals surface area contributed by atoms with Gasteiger partial charge in [-0.05, 0) is 22.6 Å². The molecule has 3 N–H and O–H groups in total. The molecule has 0 spiro atoms. The summed E-state index contributed by atoms with van der Waals surface area (Å²) >= 11 is 0. The molecule has 2 rings (SSSR count). The number of hydrogen-bond acceptors (Lipinski definition) is 6. The number of carbonyl (C=O) groups excluding carboxylic acids is 1. The topological polar surface area (TPSA) is 108 Å². The Bertz CT molecular complexity index is 512. The van der Waals surface area contributed by atoms with Crippen LogP contribution in [0, 0.1) is 0 Å². The zero-order chi connectivity index (χ0) is 12.8. The number of amides is 1. The number of nitrogens with two attached hydrogens (primary N) is 1. The summed E-state index contributed by atoms with van der Waals surface area (Å²) in [6.07, 6.45) is -0.806. The monoisotopic (exact) mass is 248 g/mol. The number of tetrazole rings is 1. The van der Waals surface area contributed by atoms with Gasteiger partial charge in [-0.2, -0.15) is 4.68 Å². The van der Waals surface area contributed by atoms with Crippen LogP contribution < -0.4 is 11.1 Å². The van der Waals surface area contributed by atoms with Gasteiger partial charge in [0.05, 0.1) is 12.2 Å². The number of para-hydroxylation sites is 1. The van der Waals surface area contributed by atoms with E-state index < -0.39 is 6.09 Å². The van der Waals surface area contributed by atoms with E-state index in [2.05, 4.69) is 25.6 Å². The van der Waals surface area contributed by atoms with Crippen LogP contribution in [0.15, 0.2) is 30.3 Å². The molecule has 0 unspecified atom stereocenters. The highest BCUT2D eigenvalue weighted by Crippen LogP contribution is 2.09. The van der Waals surface area contributed by atoms with Gasteiger partial charge in [0.1, 0.15) is 6.61 Å². The van der Waals surface area contributed by atoms with Crippen molar-refractivity contribution < 1.29 is 9.53 Å². The molecule has 8 heteroatoms. The second-order valence-electron chi connectivity index (χ2n) is 3.34. The molecule has 2 aromatic rings. The molecule has 0 aliphatic rings. The first-order valence-corrected chi connectivity index (χ1v) is 5.27. The second-order valence-corrected chi connectivity index (χ2v) is 3.34. The molecule has 0 saturated carbocycles. The predicted octanol–water partition coefficient (Wildman–Crippen LogP) is 0.169. The van der Waals surface area contributed by atoms with Gasteiger partial charge in [-0.3, -0.25) is 0 Å². The third-order valence-corrected chi connectivity index (χ3v) is 2.10. The maximum atomic E-state index is 10.4. The molecule has 94 valence electrons. The van der Waals surface area contributed by atoms with Crippen LogP contribution in [0.2, 0.25) is 0 Å². The summed E-state index contributed by atoms with van der Waals surface area (Å²) in [4.78, 5) is 10.4. The average Bonchev–Trinajstić information content (AvgIpc) is 2.84. The van der Waals surface area contributed by atoms with Crippen molar-refractivity contribution >= 4 is 12.0 Å². The van der Waals surface area contributed by atoms with E-state index in [0.717, 1.165) is 5.69 Å². The van der Waals surface area contributed by atoms with Gasteiger partial charge in [-0.15, -0.1) is 0 Å². The molecule has 1 amide bonds. The lowest BCUT2D eigenvalue weighted by Gasteiger charge is -2.06. The van der Waals surface area contributed by atoms with Crippen LogP contribution in [-0.2, 0) is 4.74 Å². The first-order chi connectivity index (χ1) is 8.77. The van der Waals surface area contributed by atoms with Gasteiger partial charge in [0, 0.05) is 0 Å². The Morgan fingerprint density at radius 2 is 2.17 bits per heavy atom. The van der Waals surface area contributed by atoms with Gasteiger partial charge >= 0.3 is 6.09 Å². The fraction of sp³-hybridized carbons (Fsp3) is 0.200. The standard InChI is InChI=1S/C10H12N6O2/c11-9(17)18-7-6-12-10-13-14-15-16(10)8-4-2-1-3-5-8/h1-5H,6-7H2,(H2,11,17)(H,12,13,15). The van der Waals surface area contributed by atoms with Gasteiger partial charge in [-0.25, -0.2) is 4.79 Å². The highest BCUT2D eigenvalue weighted by atomic mass is 16.5. The summed E-state index contributed by atoms with van der Waals surface area (Å²) in [6, 6.07) is 9.43. The van der Waals surface area contributed by atoms with Crippen molar-refractivity contribution in [3.63, 3.8) is 0 Å². The van der Waals surface area contributed by atoms with E-state index in [-0.39, 0.29) is 6.61 Å². The lowest BCUT2D eigenvalue weighted by Crippen LogP contribution is -2.19. The number of hydrogen-bond donors (Lipinski definition) is 2. The SMILES string of the molecule is NC(=O)OCCNc1nnnn1-c1ccccc1. The molecule has 0 aliphatic carbocycles. The van der Waals surface area contributed by atoms with Gasteiger partial charge < -0.3 is 15.8 Å². The molecule has 1 aromatic carbocycles. The highest BCUT2D eigenvalue weighted by molar-refractivity contribution is 5.64. The lowest BCUT2D eigenvalue weighted by molar-refractivity contribution is 0.161. The Morgan fingerprint density at radius 3 is 2.89 bits per heavy atom. The van der Waals surface area contributed by atoms with E-state index in [4.69, 9.17) is 5.73 Å². The predicted molar refractivity (Wildman–Crippen MR) is 63.2 cm³/mol. The first kappa shape index (κ1) is 11.8. The number of anilines is 1. The third kappa shape index (κ3) is 2.94. The number of ether oxygens (including phenoxy) is 1. The molecular formula is C10H12N6O2.